The van der Waals surface area contributed by atoms with Crippen LogP contribution in [0.15, 0.2) is 59.6 Å². The number of fused-ring (bicyclic) bond motifs is 1. The number of hydrogen-bond acceptors (Lipinski definition) is 5. The van der Waals surface area contributed by atoms with Gasteiger partial charge in [0.15, 0.2) is 0 Å². The maximum atomic E-state index is 12.1. The fraction of sp³-hybridized carbons (Fsp3) is 0.118. The van der Waals surface area contributed by atoms with Gasteiger partial charge in [0.2, 0.25) is 0 Å². The second kappa shape index (κ2) is 7.27. The number of carbonyl (C=O) groups is 3. The molecule has 0 fully saturated rings. The van der Waals surface area contributed by atoms with E-state index in [9.17, 15) is 14.4 Å². The van der Waals surface area contributed by atoms with Crippen molar-refractivity contribution in [3.05, 3.63) is 65.9 Å². The van der Waals surface area contributed by atoms with E-state index in [-0.39, 0.29) is 12.3 Å². The maximum Gasteiger partial charge on any atom is 0.408 e. The van der Waals surface area contributed by atoms with E-state index in [4.69, 9.17) is 9.84 Å². The van der Waals surface area contributed by atoms with Crippen LogP contribution in [0.1, 0.15) is 20.8 Å². The molecule has 7 nitrogen and oxygen atoms in total. The molecule has 0 bridgehead atoms. The number of ether oxygens (including phenoxy) is 1. The first-order chi connectivity index (χ1) is 12.0. The fourth-order valence-electron chi connectivity index (χ4n) is 2.28. The molecule has 3 rings (SSSR count). The second-order valence-corrected chi connectivity index (χ2v) is 6.30. The molecular weight excluding hydrogens is 344 g/mol. The molecule has 1 aromatic carbocycles. The van der Waals surface area contributed by atoms with Crippen molar-refractivity contribution in [2.75, 3.05) is 0 Å². The molecule has 1 aliphatic rings. The highest BCUT2D eigenvalue weighted by atomic mass is 32.2. The van der Waals surface area contributed by atoms with Crippen LogP contribution in [-0.4, -0.2) is 33.0 Å². The van der Waals surface area contributed by atoms with E-state index >= 15 is 0 Å². The Labute approximate surface area is 147 Å². The number of thioether (sulfide) groups is 1. The number of benzene rings is 1. The number of carboxylic acid groups (broad SMARTS) is 1. The molecule has 0 spiro atoms. The topological polar surface area (TPSA) is 97.6 Å². The lowest BCUT2D eigenvalue weighted by molar-refractivity contribution is 0.0675. The quantitative estimate of drug-likeness (QED) is 0.872. The van der Waals surface area contributed by atoms with Crippen molar-refractivity contribution >= 4 is 29.7 Å². The van der Waals surface area contributed by atoms with E-state index < -0.39 is 23.3 Å². The third-order valence-corrected chi connectivity index (χ3v) is 4.51. The van der Waals surface area contributed by atoms with Crippen LogP contribution in [0.5, 0.6) is 0 Å². The van der Waals surface area contributed by atoms with Gasteiger partial charge in [0.1, 0.15) is 17.7 Å². The SMILES string of the molecule is O=C(NC1C=CC(=O)n2c(ccc2C(=O)O)S1)OCc1ccccc1. The highest BCUT2D eigenvalue weighted by Crippen LogP contribution is 2.28. The third-order valence-electron chi connectivity index (χ3n) is 3.42. The van der Waals surface area contributed by atoms with Gasteiger partial charge in [0.25, 0.3) is 5.91 Å². The molecule has 1 aliphatic heterocycles. The Hall–Kier alpha value is -3.00. The molecule has 2 N–H and O–H groups in total. The average molecular weight is 358 g/mol. The van der Waals surface area contributed by atoms with Gasteiger partial charge in [-0.3, -0.25) is 9.36 Å². The average Bonchev–Trinajstić information content (AvgIpc) is 2.96. The predicted molar refractivity (Wildman–Crippen MR) is 90.6 cm³/mol. The monoisotopic (exact) mass is 358 g/mol. The molecule has 0 saturated heterocycles. The third kappa shape index (κ3) is 3.92. The number of nitrogens with zero attached hydrogens (tertiary/aromatic N) is 1. The predicted octanol–water partition coefficient (Wildman–Crippen LogP) is 2.74. The Morgan fingerprint density at radius 1 is 1.20 bits per heavy atom. The first-order valence-corrected chi connectivity index (χ1v) is 8.24. The minimum atomic E-state index is -1.19. The molecular formula is C17H14N2O5S. The van der Waals surface area contributed by atoms with Gasteiger partial charge >= 0.3 is 12.1 Å². The van der Waals surface area contributed by atoms with Crippen molar-refractivity contribution in [1.29, 1.82) is 0 Å². The lowest BCUT2D eigenvalue weighted by Gasteiger charge is -2.13. The molecule has 8 heteroatoms. The van der Waals surface area contributed by atoms with E-state index in [1.165, 1.54) is 24.3 Å². The maximum absolute atomic E-state index is 12.1. The molecule has 2 aromatic rings. The van der Waals surface area contributed by atoms with Gasteiger partial charge in [-0.05, 0) is 23.8 Å². The molecule has 1 aromatic heterocycles. The van der Waals surface area contributed by atoms with Crippen molar-refractivity contribution in [3.63, 3.8) is 0 Å². The van der Waals surface area contributed by atoms with Crippen LogP contribution >= 0.6 is 11.8 Å². The largest absolute Gasteiger partial charge is 0.477 e. The number of nitrogens with one attached hydrogen (secondary N) is 1. The molecule has 2 heterocycles. The Bertz CT molecular complexity index is 844. The van der Waals surface area contributed by atoms with Crippen LogP contribution in [0.3, 0.4) is 0 Å². The van der Waals surface area contributed by atoms with E-state index in [0.717, 1.165) is 21.9 Å². The Kier molecular flexibility index (Phi) is 4.90. The number of aromatic carboxylic acids is 1. The summed E-state index contributed by atoms with van der Waals surface area (Å²) >= 11 is 1.15. The molecule has 0 aliphatic carbocycles. The van der Waals surface area contributed by atoms with Gasteiger partial charge in [-0.2, -0.15) is 0 Å². The first-order valence-electron chi connectivity index (χ1n) is 7.36. The summed E-state index contributed by atoms with van der Waals surface area (Å²) in [5, 5.41) is 11.6. The fourth-order valence-corrected chi connectivity index (χ4v) is 3.29. The smallest absolute Gasteiger partial charge is 0.408 e. The van der Waals surface area contributed by atoms with Gasteiger partial charge in [-0.15, -0.1) is 0 Å². The summed E-state index contributed by atoms with van der Waals surface area (Å²) < 4.78 is 6.24. The van der Waals surface area contributed by atoms with Crippen molar-refractivity contribution in [2.45, 2.75) is 17.0 Å². The summed E-state index contributed by atoms with van der Waals surface area (Å²) in [6, 6.07) is 12.1. The van der Waals surface area contributed by atoms with Crippen molar-refractivity contribution in [2.24, 2.45) is 0 Å². The van der Waals surface area contributed by atoms with Crippen LogP contribution in [0.4, 0.5) is 4.79 Å². The minimum Gasteiger partial charge on any atom is -0.477 e. The summed E-state index contributed by atoms with van der Waals surface area (Å²) in [6.45, 7) is 0.131. The molecule has 1 unspecified atom stereocenters. The zero-order valence-corrected chi connectivity index (χ0v) is 13.7. The lowest BCUT2D eigenvalue weighted by atomic mass is 10.2. The summed E-state index contributed by atoms with van der Waals surface area (Å²) in [5.74, 6) is -1.67. The van der Waals surface area contributed by atoms with E-state index in [1.807, 2.05) is 30.3 Å². The number of carboxylic acids is 1. The van der Waals surface area contributed by atoms with Gasteiger partial charge in [-0.25, -0.2) is 9.59 Å². The van der Waals surface area contributed by atoms with Crippen LogP contribution < -0.4 is 5.32 Å². The Morgan fingerprint density at radius 3 is 2.68 bits per heavy atom. The minimum absolute atomic E-state index is 0.121. The number of aromatic nitrogens is 1. The van der Waals surface area contributed by atoms with Gasteiger partial charge in [-0.1, -0.05) is 42.1 Å². The van der Waals surface area contributed by atoms with Gasteiger partial charge in [0, 0.05) is 6.08 Å². The number of amides is 1. The zero-order chi connectivity index (χ0) is 17.8. The number of hydrogen-bond donors (Lipinski definition) is 2. The van der Waals surface area contributed by atoms with E-state index in [2.05, 4.69) is 5.32 Å². The standard InChI is InChI=1S/C17H14N2O5S/c20-14-8-7-13(25-15-9-6-12(16(21)22)19(14)15)18-17(23)24-10-11-4-2-1-3-5-11/h1-9,13H,10H2,(H,18,23)(H,21,22). The normalized spacial score (nSPS) is 16.0. The van der Waals surface area contributed by atoms with Crippen LogP contribution in [0.25, 0.3) is 0 Å². The lowest BCUT2D eigenvalue weighted by Crippen LogP contribution is -2.31. The summed E-state index contributed by atoms with van der Waals surface area (Å²) in [4.78, 5) is 35.2. The van der Waals surface area contributed by atoms with Crippen molar-refractivity contribution < 1.29 is 24.2 Å². The highest BCUT2D eigenvalue weighted by Gasteiger charge is 2.24. The highest BCUT2D eigenvalue weighted by molar-refractivity contribution is 8.00. The van der Waals surface area contributed by atoms with E-state index in [1.54, 1.807) is 0 Å². The second-order valence-electron chi connectivity index (χ2n) is 5.14. The zero-order valence-electron chi connectivity index (χ0n) is 12.9. The molecule has 0 saturated carbocycles. The number of rotatable bonds is 4. The number of carbonyl (C=O) groups excluding carboxylic acids is 2. The van der Waals surface area contributed by atoms with Crippen LogP contribution in [0, 0.1) is 0 Å². The summed E-state index contributed by atoms with van der Waals surface area (Å²) in [5.41, 5.74) is 0.737. The number of alkyl carbamates (subject to hydrolysis) is 1. The van der Waals surface area contributed by atoms with Crippen molar-refractivity contribution in [3.8, 4) is 0 Å². The Morgan fingerprint density at radius 2 is 1.96 bits per heavy atom. The molecule has 1 amide bonds. The summed E-state index contributed by atoms with van der Waals surface area (Å²) in [6.07, 6.45) is 2.10. The van der Waals surface area contributed by atoms with Crippen molar-refractivity contribution in [1.82, 2.24) is 9.88 Å². The molecule has 25 heavy (non-hydrogen) atoms. The summed E-state index contributed by atoms with van der Waals surface area (Å²) in [7, 11) is 0. The van der Waals surface area contributed by atoms with Gasteiger partial charge < -0.3 is 15.2 Å². The van der Waals surface area contributed by atoms with Crippen LogP contribution in [-0.2, 0) is 11.3 Å². The number of allylic oxidation sites excluding steroid dienone is 1. The molecule has 0 radical (unpaired) electrons. The first kappa shape index (κ1) is 16.8. The van der Waals surface area contributed by atoms with E-state index in [0.29, 0.717) is 5.03 Å². The van der Waals surface area contributed by atoms with Gasteiger partial charge in [0.05, 0.1) is 5.03 Å². The Balaban J connectivity index is 1.65. The van der Waals surface area contributed by atoms with Crippen LogP contribution in [0.2, 0.25) is 0 Å². The molecule has 1 atom stereocenters. The molecule has 128 valence electrons.